The number of rotatable bonds is 4. The molecule has 2 aliphatic rings. The van der Waals surface area contributed by atoms with Crippen molar-refractivity contribution in [3.63, 3.8) is 0 Å². The van der Waals surface area contributed by atoms with Crippen LogP contribution in [0.15, 0.2) is 0 Å². The van der Waals surface area contributed by atoms with Crippen molar-refractivity contribution in [2.75, 3.05) is 31.6 Å². The van der Waals surface area contributed by atoms with E-state index in [4.69, 9.17) is 5.73 Å². The molecule has 0 aromatic heterocycles. The summed E-state index contributed by atoms with van der Waals surface area (Å²) < 4.78 is 0. The summed E-state index contributed by atoms with van der Waals surface area (Å²) in [5, 5.41) is 0. The van der Waals surface area contributed by atoms with Crippen LogP contribution in [0.1, 0.15) is 33.1 Å². The van der Waals surface area contributed by atoms with Gasteiger partial charge in [-0.3, -0.25) is 4.90 Å². The van der Waals surface area contributed by atoms with Gasteiger partial charge >= 0.3 is 0 Å². The lowest BCUT2D eigenvalue weighted by atomic mass is 9.79. The molecule has 1 unspecified atom stereocenters. The van der Waals surface area contributed by atoms with Crippen LogP contribution >= 0.6 is 11.8 Å². The van der Waals surface area contributed by atoms with Crippen LogP contribution in [-0.4, -0.2) is 42.1 Å². The summed E-state index contributed by atoms with van der Waals surface area (Å²) in [6.45, 7) is 6.84. The highest BCUT2D eigenvalue weighted by Crippen LogP contribution is 2.42. The SMILES string of the molecule is CN(CC1CC1)C1(CN)CSCC(C)(C)C1. The van der Waals surface area contributed by atoms with Crippen LogP contribution < -0.4 is 5.73 Å². The molecule has 16 heavy (non-hydrogen) atoms. The minimum absolute atomic E-state index is 0.259. The lowest BCUT2D eigenvalue weighted by molar-refractivity contribution is 0.0892. The number of hydrogen-bond donors (Lipinski definition) is 1. The van der Waals surface area contributed by atoms with E-state index in [-0.39, 0.29) is 5.54 Å². The number of nitrogens with zero attached hydrogens (tertiary/aromatic N) is 1. The van der Waals surface area contributed by atoms with Crippen molar-refractivity contribution >= 4 is 11.8 Å². The van der Waals surface area contributed by atoms with Crippen molar-refractivity contribution < 1.29 is 0 Å². The minimum Gasteiger partial charge on any atom is -0.329 e. The fraction of sp³-hybridized carbons (Fsp3) is 1.00. The Bertz CT molecular complexity index is 250. The molecule has 2 fully saturated rings. The minimum atomic E-state index is 0.259. The van der Waals surface area contributed by atoms with Gasteiger partial charge in [0, 0.05) is 24.4 Å². The van der Waals surface area contributed by atoms with Crippen LogP contribution in [0, 0.1) is 11.3 Å². The van der Waals surface area contributed by atoms with Gasteiger partial charge in [-0.05, 0) is 43.4 Å². The molecule has 1 saturated carbocycles. The van der Waals surface area contributed by atoms with Gasteiger partial charge in [0.05, 0.1) is 0 Å². The highest BCUT2D eigenvalue weighted by atomic mass is 32.2. The lowest BCUT2D eigenvalue weighted by Gasteiger charge is -2.49. The summed E-state index contributed by atoms with van der Waals surface area (Å²) in [4.78, 5) is 2.57. The zero-order chi connectivity index (χ0) is 11.8. The van der Waals surface area contributed by atoms with E-state index < -0.39 is 0 Å². The Morgan fingerprint density at radius 1 is 1.31 bits per heavy atom. The third-order valence-corrected chi connectivity index (χ3v) is 5.82. The third-order valence-electron chi connectivity index (χ3n) is 4.09. The molecule has 1 saturated heterocycles. The first-order chi connectivity index (χ1) is 7.47. The van der Waals surface area contributed by atoms with Gasteiger partial charge in [0.15, 0.2) is 0 Å². The van der Waals surface area contributed by atoms with Gasteiger partial charge in [-0.1, -0.05) is 13.8 Å². The van der Waals surface area contributed by atoms with E-state index >= 15 is 0 Å². The second-order valence-corrected chi connectivity index (χ2v) is 7.57. The van der Waals surface area contributed by atoms with Crippen molar-refractivity contribution in [1.29, 1.82) is 0 Å². The number of likely N-dealkylation sites (N-methyl/N-ethyl adjacent to an activating group) is 1. The topological polar surface area (TPSA) is 29.3 Å². The third kappa shape index (κ3) is 2.74. The standard InChI is InChI=1S/C13H26N2S/c1-12(2)7-13(8-14,10-16-9-12)15(3)6-11-4-5-11/h11H,4-10,14H2,1-3H3. The molecule has 2 nitrogen and oxygen atoms in total. The van der Waals surface area contributed by atoms with Gasteiger partial charge in [-0.2, -0.15) is 11.8 Å². The number of thioether (sulfide) groups is 1. The van der Waals surface area contributed by atoms with E-state index in [0.29, 0.717) is 5.41 Å². The first kappa shape index (κ1) is 12.7. The van der Waals surface area contributed by atoms with Crippen molar-refractivity contribution in [2.45, 2.75) is 38.6 Å². The second kappa shape index (κ2) is 4.51. The van der Waals surface area contributed by atoms with Crippen LogP contribution in [0.5, 0.6) is 0 Å². The molecule has 0 aromatic rings. The molecule has 3 heteroatoms. The van der Waals surface area contributed by atoms with E-state index in [1.54, 1.807) is 0 Å². The van der Waals surface area contributed by atoms with E-state index in [0.717, 1.165) is 12.5 Å². The maximum atomic E-state index is 6.10. The normalized spacial score (nSPS) is 34.3. The van der Waals surface area contributed by atoms with Gasteiger partial charge in [-0.15, -0.1) is 0 Å². The van der Waals surface area contributed by atoms with Crippen LogP contribution in [0.25, 0.3) is 0 Å². The predicted octanol–water partition coefficient (Wildman–Crippen LogP) is 2.19. The summed E-state index contributed by atoms with van der Waals surface area (Å²) in [6.07, 6.45) is 4.12. The van der Waals surface area contributed by atoms with Crippen LogP contribution in [0.3, 0.4) is 0 Å². The molecule has 0 amide bonds. The van der Waals surface area contributed by atoms with E-state index in [2.05, 4.69) is 37.6 Å². The van der Waals surface area contributed by atoms with Crippen molar-refractivity contribution in [3.8, 4) is 0 Å². The molecule has 1 heterocycles. The Morgan fingerprint density at radius 2 is 2.00 bits per heavy atom. The summed E-state index contributed by atoms with van der Waals surface area (Å²) in [7, 11) is 2.28. The molecule has 0 radical (unpaired) electrons. The summed E-state index contributed by atoms with van der Waals surface area (Å²) in [6, 6.07) is 0. The molecule has 2 rings (SSSR count). The monoisotopic (exact) mass is 242 g/mol. The van der Waals surface area contributed by atoms with Gasteiger partial charge in [-0.25, -0.2) is 0 Å². The average molecular weight is 242 g/mol. The fourth-order valence-electron chi connectivity index (χ4n) is 2.92. The zero-order valence-electron chi connectivity index (χ0n) is 11.0. The summed E-state index contributed by atoms with van der Waals surface area (Å²) >= 11 is 2.09. The molecule has 1 aliphatic carbocycles. The van der Waals surface area contributed by atoms with Crippen molar-refractivity contribution in [2.24, 2.45) is 17.1 Å². The first-order valence-electron chi connectivity index (χ1n) is 6.47. The summed E-state index contributed by atoms with van der Waals surface area (Å²) in [5.74, 6) is 3.46. The highest BCUT2D eigenvalue weighted by Gasteiger charge is 2.43. The van der Waals surface area contributed by atoms with Crippen molar-refractivity contribution in [1.82, 2.24) is 4.90 Å². The molecule has 1 aliphatic heterocycles. The quantitative estimate of drug-likeness (QED) is 0.819. The maximum absolute atomic E-state index is 6.10. The predicted molar refractivity (Wildman–Crippen MR) is 72.9 cm³/mol. The van der Waals surface area contributed by atoms with E-state index in [1.165, 1.54) is 37.3 Å². The van der Waals surface area contributed by atoms with Gasteiger partial charge < -0.3 is 5.73 Å². The molecule has 1 atom stereocenters. The smallest absolute Gasteiger partial charge is 0.0424 e. The molecular formula is C13H26N2S. The van der Waals surface area contributed by atoms with Crippen LogP contribution in [0.2, 0.25) is 0 Å². The fourth-order valence-corrected chi connectivity index (χ4v) is 4.50. The molecule has 2 N–H and O–H groups in total. The number of nitrogens with two attached hydrogens (primary N) is 1. The number of hydrogen-bond acceptors (Lipinski definition) is 3. The molecule has 94 valence electrons. The Balaban J connectivity index is 2.04. The Kier molecular flexibility index (Phi) is 3.58. The molecule has 0 bridgehead atoms. The largest absolute Gasteiger partial charge is 0.329 e. The lowest BCUT2D eigenvalue weighted by Crippen LogP contribution is -2.59. The second-order valence-electron chi connectivity index (χ2n) is 6.59. The van der Waals surface area contributed by atoms with Crippen LogP contribution in [0.4, 0.5) is 0 Å². The molecular weight excluding hydrogens is 216 g/mol. The van der Waals surface area contributed by atoms with Crippen LogP contribution in [-0.2, 0) is 0 Å². The average Bonchev–Trinajstić information content (AvgIpc) is 2.99. The van der Waals surface area contributed by atoms with Gasteiger partial charge in [0.2, 0.25) is 0 Å². The molecule has 0 aromatic carbocycles. The van der Waals surface area contributed by atoms with E-state index in [9.17, 15) is 0 Å². The first-order valence-corrected chi connectivity index (χ1v) is 7.62. The Morgan fingerprint density at radius 3 is 2.50 bits per heavy atom. The Hall–Kier alpha value is 0.270. The van der Waals surface area contributed by atoms with Gasteiger partial charge in [0.25, 0.3) is 0 Å². The molecule has 0 spiro atoms. The maximum Gasteiger partial charge on any atom is 0.0424 e. The zero-order valence-corrected chi connectivity index (χ0v) is 11.8. The van der Waals surface area contributed by atoms with E-state index in [1.807, 2.05) is 0 Å². The Labute approximate surface area is 104 Å². The summed E-state index contributed by atoms with van der Waals surface area (Å²) in [5.41, 5.74) is 6.80. The highest BCUT2D eigenvalue weighted by molar-refractivity contribution is 7.99. The van der Waals surface area contributed by atoms with Crippen molar-refractivity contribution in [3.05, 3.63) is 0 Å². The van der Waals surface area contributed by atoms with Gasteiger partial charge in [0.1, 0.15) is 0 Å².